The number of hydrogen-bond donors (Lipinski definition) is 1. The molecule has 0 spiro atoms. The first-order valence-corrected chi connectivity index (χ1v) is 9.18. The number of hydrogen-bond acceptors (Lipinski definition) is 3. The highest BCUT2D eigenvalue weighted by Crippen LogP contribution is 2.17. The Balaban J connectivity index is 1.80. The van der Waals surface area contributed by atoms with E-state index in [1.165, 1.54) is 12.3 Å². The Morgan fingerprint density at radius 2 is 2.24 bits per heavy atom. The smallest absolute Gasteiger partial charge is 0.208 e. The van der Waals surface area contributed by atoms with Crippen LogP contribution in [0.2, 0.25) is 0 Å². The predicted octanol–water partition coefficient (Wildman–Crippen LogP) is 1.77. The predicted molar refractivity (Wildman–Crippen MR) is 82.1 cm³/mol. The van der Waals surface area contributed by atoms with Gasteiger partial charge >= 0.3 is 0 Å². The molecule has 2 rings (SSSR count). The first-order valence-electron chi connectivity index (χ1n) is 7.29. The van der Waals surface area contributed by atoms with E-state index in [-0.39, 0.29) is 11.9 Å². The van der Waals surface area contributed by atoms with Crippen LogP contribution < -0.4 is 4.72 Å². The third-order valence-corrected chi connectivity index (χ3v) is 4.73. The summed E-state index contributed by atoms with van der Waals surface area (Å²) in [6, 6.07) is 7.07. The largest absolute Gasteiger partial charge is 0.299 e. The van der Waals surface area contributed by atoms with Gasteiger partial charge in [0.15, 0.2) is 0 Å². The summed E-state index contributed by atoms with van der Waals surface area (Å²) in [5, 5.41) is 0. The van der Waals surface area contributed by atoms with E-state index in [9.17, 15) is 12.8 Å². The molecule has 1 fully saturated rings. The zero-order valence-electron chi connectivity index (χ0n) is 12.5. The maximum absolute atomic E-state index is 13.1. The second-order valence-corrected chi connectivity index (χ2v) is 7.67. The van der Waals surface area contributed by atoms with Gasteiger partial charge in [-0.15, -0.1) is 0 Å². The molecule has 1 saturated heterocycles. The van der Waals surface area contributed by atoms with Gasteiger partial charge in [0, 0.05) is 25.2 Å². The van der Waals surface area contributed by atoms with Gasteiger partial charge in [-0.1, -0.05) is 12.1 Å². The molecule has 1 aliphatic rings. The van der Waals surface area contributed by atoms with E-state index < -0.39 is 10.0 Å². The van der Waals surface area contributed by atoms with Crippen molar-refractivity contribution in [2.75, 3.05) is 19.3 Å². The molecular formula is C15H23FN2O2S. The van der Waals surface area contributed by atoms with Crippen LogP contribution in [0.4, 0.5) is 4.39 Å². The Morgan fingerprint density at radius 3 is 2.90 bits per heavy atom. The van der Waals surface area contributed by atoms with Gasteiger partial charge in [0.1, 0.15) is 5.82 Å². The lowest BCUT2D eigenvalue weighted by atomic mass is 10.1. The van der Waals surface area contributed by atoms with E-state index in [4.69, 9.17) is 0 Å². The van der Waals surface area contributed by atoms with Gasteiger partial charge in [0.2, 0.25) is 10.0 Å². The van der Waals surface area contributed by atoms with Crippen molar-refractivity contribution in [3.63, 3.8) is 0 Å². The molecule has 1 heterocycles. The standard InChI is InChI=1S/C15H23FN2O2S/c1-12(6-7-13-4-3-5-14(16)10-13)18-9-8-15(11-18)17-21(2,19)20/h3-5,10,12,15,17H,6-9,11H2,1-2H3/t12-,15-/m1/s1. The van der Waals surface area contributed by atoms with Crippen LogP contribution in [0.25, 0.3) is 0 Å². The minimum Gasteiger partial charge on any atom is -0.299 e. The number of nitrogens with zero attached hydrogens (tertiary/aromatic N) is 1. The van der Waals surface area contributed by atoms with Crippen molar-refractivity contribution >= 4 is 10.0 Å². The SMILES string of the molecule is C[C@H](CCc1cccc(F)c1)N1CC[C@@H](NS(C)(=O)=O)C1. The van der Waals surface area contributed by atoms with Gasteiger partial charge in [-0.05, 0) is 43.9 Å². The summed E-state index contributed by atoms with van der Waals surface area (Å²) >= 11 is 0. The molecule has 1 aromatic rings. The second-order valence-electron chi connectivity index (χ2n) is 5.89. The minimum absolute atomic E-state index is 0.0108. The molecule has 0 bridgehead atoms. The van der Waals surface area contributed by atoms with Gasteiger partial charge in [-0.2, -0.15) is 0 Å². The summed E-state index contributed by atoms with van der Waals surface area (Å²) in [7, 11) is -3.14. The number of aryl methyl sites for hydroxylation is 1. The maximum Gasteiger partial charge on any atom is 0.208 e. The van der Waals surface area contributed by atoms with Crippen molar-refractivity contribution in [3.8, 4) is 0 Å². The fourth-order valence-electron chi connectivity index (χ4n) is 2.84. The van der Waals surface area contributed by atoms with Crippen LogP contribution in [0.1, 0.15) is 25.3 Å². The van der Waals surface area contributed by atoms with E-state index in [2.05, 4.69) is 16.5 Å². The molecule has 1 aromatic carbocycles. The highest BCUT2D eigenvalue weighted by molar-refractivity contribution is 7.88. The molecule has 0 unspecified atom stereocenters. The summed E-state index contributed by atoms with van der Waals surface area (Å²) in [5.74, 6) is -0.196. The Kier molecular flexibility index (Phi) is 5.35. The quantitative estimate of drug-likeness (QED) is 0.870. The zero-order chi connectivity index (χ0) is 15.5. The van der Waals surface area contributed by atoms with Crippen LogP contribution in [-0.2, 0) is 16.4 Å². The molecule has 118 valence electrons. The molecule has 0 saturated carbocycles. The Labute approximate surface area is 126 Å². The van der Waals surface area contributed by atoms with Crippen LogP contribution in [0.3, 0.4) is 0 Å². The van der Waals surface area contributed by atoms with Crippen molar-refractivity contribution in [3.05, 3.63) is 35.6 Å². The molecule has 0 aliphatic carbocycles. The molecular weight excluding hydrogens is 291 g/mol. The molecule has 0 amide bonds. The molecule has 21 heavy (non-hydrogen) atoms. The number of sulfonamides is 1. The summed E-state index contributed by atoms with van der Waals surface area (Å²) < 4.78 is 38.3. The molecule has 4 nitrogen and oxygen atoms in total. The molecule has 0 aromatic heterocycles. The average Bonchev–Trinajstić information content (AvgIpc) is 2.82. The maximum atomic E-state index is 13.1. The van der Waals surface area contributed by atoms with Crippen molar-refractivity contribution < 1.29 is 12.8 Å². The van der Waals surface area contributed by atoms with Crippen molar-refractivity contribution in [2.45, 2.75) is 38.3 Å². The molecule has 1 aliphatic heterocycles. The normalized spacial score (nSPS) is 21.6. The van der Waals surface area contributed by atoms with E-state index in [0.29, 0.717) is 6.04 Å². The van der Waals surface area contributed by atoms with E-state index in [1.807, 2.05) is 6.07 Å². The number of halogens is 1. The van der Waals surface area contributed by atoms with Crippen LogP contribution in [0, 0.1) is 5.82 Å². The van der Waals surface area contributed by atoms with Gasteiger partial charge in [-0.25, -0.2) is 17.5 Å². The summed E-state index contributed by atoms with van der Waals surface area (Å²) in [6.07, 6.45) is 3.81. The van der Waals surface area contributed by atoms with Gasteiger partial charge in [-0.3, -0.25) is 4.90 Å². The average molecular weight is 314 g/mol. The second kappa shape index (κ2) is 6.85. The number of benzene rings is 1. The molecule has 2 atom stereocenters. The van der Waals surface area contributed by atoms with E-state index in [0.717, 1.165) is 37.9 Å². The topological polar surface area (TPSA) is 49.4 Å². The van der Waals surface area contributed by atoms with Crippen LogP contribution >= 0.6 is 0 Å². The Bertz CT molecular complexity index is 577. The number of likely N-dealkylation sites (tertiary alicyclic amines) is 1. The third-order valence-electron chi connectivity index (χ3n) is 3.96. The number of nitrogens with one attached hydrogen (secondary N) is 1. The van der Waals surface area contributed by atoms with Crippen molar-refractivity contribution in [2.24, 2.45) is 0 Å². The van der Waals surface area contributed by atoms with Crippen LogP contribution in [0.15, 0.2) is 24.3 Å². The van der Waals surface area contributed by atoms with Gasteiger partial charge < -0.3 is 0 Å². The fraction of sp³-hybridized carbons (Fsp3) is 0.600. The highest BCUT2D eigenvalue weighted by Gasteiger charge is 2.27. The van der Waals surface area contributed by atoms with Crippen molar-refractivity contribution in [1.82, 2.24) is 9.62 Å². The van der Waals surface area contributed by atoms with Crippen LogP contribution in [0.5, 0.6) is 0 Å². The van der Waals surface area contributed by atoms with Crippen LogP contribution in [-0.4, -0.2) is 44.7 Å². The fourth-order valence-corrected chi connectivity index (χ4v) is 3.64. The van der Waals surface area contributed by atoms with Gasteiger partial charge in [0.25, 0.3) is 0 Å². The minimum atomic E-state index is -3.14. The summed E-state index contributed by atoms with van der Waals surface area (Å²) in [6.45, 7) is 3.79. The third kappa shape index (κ3) is 5.37. The molecule has 0 radical (unpaired) electrons. The first kappa shape index (κ1) is 16.4. The molecule has 6 heteroatoms. The Morgan fingerprint density at radius 1 is 1.48 bits per heavy atom. The summed E-state index contributed by atoms with van der Waals surface area (Å²) in [5.41, 5.74) is 1.01. The lowest BCUT2D eigenvalue weighted by Gasteiger charge is -2.24. The summed E-state index contributed by atoms with van der Waals surface area (Å²) in [4.78, 5) is 2.29. The monoisotopic (exact) mass is 314 g/mol. The number of rotatable bonds is 6. The van der Waals surface area contributed by atoms with E-state index >= 15 is 0 Å². The zero-order valence-corrected chi connectivity index (χ0v) is 13.4. The van der Waals surface area contributed by atoms with E-state index in [1.54, 1.807) is 12.1 Å². The molecule has 1 N–H and O–H groups in total. The lowest BCUT2D eigenvalue weighted by molar-refractivity contribution is 0.243. The van der Waals surface area contributed by atoms with Gasteiger partial charge in [0.05, 0.1) is 6.26 Å². The first-order chi connectivity index (χ1) is 9.83. The highest BCUT2D eigenvalue weighted by atomic mass is 32.2. The van der Waals surface area contributed by atoms with Crippen molar-refractivity contribution in [1.29, 1.82) is 0 Å². The lowest BCUT2D eigenvalue weighted by Crippen LogP contribution is -2.38. The Hall–Kier alpha value is -0.980.